The Hall–Kier alpha value is -3.22. The summed E-state index contributed by atoms with van der Waals surface area (Å²) >= 11 is 0. The van der Waals surface area contributed by atoms with Crippen LogP contribution in [0, 0.1) is 0 Å². The highest BCUT2D eigenvalue weighted by Crippen LogP contribution is 2.23. The zero-order valence-electron chi connectivity index (χ0n) is 14.9. The molecule has 6 heteroatoms. The fourth-order valence-electron chi connectivity index (χ4n) is 3.17. The SMILES string of the molecule is COc1ncc(-c2ccc3c(c2)=CN(c2ccccc2)C(N)N=3)cc1CO. The minimum atomic E-state index is -0.464. The molecule has 0 spiro atoms. The summed E-state index contributed by atoms with van der Waals surface area (Å²) in [6, 6.07) is 17.8. The Morgan fingerprint density at radius 2 is 1.93 bits per heavy atom. The van der Waals surface area contributed by atoms with Gasteiger partial charge in [-0.25, -0.2) is 9.98 Å². The minimum Gasteiger partial charge on any atom is -0.481 e. The van der Waals surface area contributed by atoms with Gasteiger partial charge in [-0.2, -0.15) is 0 Å². The molecule has 0 bridgehead atoms. The number of aliphatic hydroxyl groups is 1. The molecule has 2 aromatic carbocycles. The molecule has 0 radical (unpaired) electrons. The van der Waals surface area contributed by atoms with Crippen molar-refractivity contribution in [1.82, 2.24) is 4.98 Å². The lowest BCUT2D eigenvalue weighted by Crippen LogP contribution is -2.46. The van der Waals surface area contributed by atoms with Gasteiger partial charge in [-0.3, -0.25) is 5.73 Å². The number of aliphatic hydroxyl groups excluding tert-OH is 1. The number of aromatic nitrogens is 1. The van der Waals surface area contributed by atoms with Gasteiger partial charge < -0.3 is 14.7 Å². The molecular weight excluding hydrogens is 340 g/mol. The molecule has 0 saturated carbocycles. The molecule has 1 unspecified atom stereocenters. The van der Waals surface area contributed by atoms with E-state index in [1.165, 1.54) is 7.11 Å². The Bertz CT molecular complexity index is 1080. The van der Waals surface area contributed by atoms with E-state index in [1.807, 2.05) is 65.7 Å². The highest BCUT2D eigenvalue weighted by molar-refractivity contribution is 5.66. The summed E-state index contributed by atoms with van der Waals surface area (Å²) < 4.78 is 5.18. The van der Waals surface area contributed by atoms with Gasteiger partial charge in [0.1, 0.15) is 0 Å². The van der Waals surface area contributed by atoms with Crippen molar-refractivity contribution in [2.45, 2.75) is 12.9 Å². The normalized spacial score (nSPS) is 15.5. The van der Waals surface area contributed by atoms with Crippen LogP contribution in [0.1, 0.15) is 5.56 Å². The first-order chi connectivity index (χ1) is 13.2. The third-order valence-corrected chi connectivity index (χ3v) is 4.54. The first-order valence-corrected chi connectivity index (χ1v) is 8.62. The highest BCUT2D eigenvalue weighted by Gasteiger charge is 2.15. The Kier molecular flexibility index (Phi) is 4.58. The Balaban J connectivity index is 1.79. The van der Waals surface area contributed by atoms with E-state index < -0.39 is 6.29 Å². The first kappa shape index (κ1) is 17.2. The summed E-state index contributed by atoms with van der Waals surface area (Å²) in [4.78, 5) is 10.8. The molecular formula is C21H20N4O2. The molecule has 0 saturated heterocycles. The first-order valence-electron chi connectivity index (χ1n) is 8.62. The molecule has 2 heterocycles. The zero-order valence-corrected chi connectivity index (χ0v) is 14.9. The van der Waals surface area contributed by atoms with Crippen molar-refractivity contribution in [3.8, 4) is 17.0 Å². The molecule has 6 nitrogen and oxygen atoms in total. The number of para-hydroxylation sites is 1. The lowest BCUT2D eigenvalue weighted by molar-refractivity contribution is 0.271. The number of hydrogen-bond donors (Lipinski definition) is 2. The summed E-state index contributed by atoms with van der Waals surface area (Å²) in [7, 11) is 1.54. The van der Waals surface area contributed by atoms with Crippen LogP contribution in [0.5, 0.6) is 5.88 Å². The Labute approximate surface area is 156 Å². The van der Waals surface area contributed by atoms with Gasteiger partial charge in [0.05, 0.1) is 19.1 Å². The average molecular weight is 360 g/mol. The third kappa shape index (κ3) is 3.28. The second kappa shape index (κ2) is 7.19. The standard InChI is InChI=1S/C21H20N4O2/c1-27-20-17(13-26)10-15(11-23-20)14-7-8-19-16(9-14)12-25(21(22)24-19)18-5-3-2-4-6-18/h2-12,21,26H,13,22H2,1H3. The quantitative estimate of drug-likeness (QED) is 0.734. The van der Waals surface area contributed by atoms with Crippen molar-refractivity contribution in [3.05, 3.63) is 76.9 Å². The van der Waals surface area contributed by atoms with Gasteiger partial charge in [0.25, 0.3) is 0 Å². The van der Waals surface area contributed by atoms with Gasteiger partial charge in [-0.15, -0.1) is 0 Å². The van der Waals surface area contributed by atoms with Crippen LogP contribution in [-0.2, 0) is 6.61 Å². The van der Waals surface area contributed by atoms with Crippen molar-refractivity contribution >= 4 is 11.9 Å². The van der Waals surface area contributed by atoms with Crippen LogP contribution in [-0.4, -0.2) is 23.5 Å². The predicted molar refractivity (Wildman–Crippen MR) is 104 cm³/mol. The van der Waals surface area contributed by atoms with E-state index in [1.54, 1.807) is 6.20 Å². The number of rotatable bonds is 4. The van der Waals surface area contributed by atoms with Crippen molar-refractivity contribution in [2.75, 3.05) is 12.0 Å². The van der Waals surface area contributed by atoms with E-state index in [2.05, 4.69) is 9.98 Å². The molecule has 1 aromatic heterocycles. The van der Waals surface area contributed by atoms with Gasteiger partial charge in [0.15, 0.2) is 6.29 Å². The lowest BCUT2D eigenvalue weighted by Gasteiger charge is -2.27. The van der Waals surface area contributed by atoms with Crippen LogP contribution < -0.4 is 25.9 Å². The molecule has 0 aliphatic carbocycles. The van der Waals surface area contributed by atoms with Crippen LogP contribution in [0.25, 0.3) is 17.3 Å². The summed E-state index contributed by atoms with van der Waals surface area (Å²) in [5.74, 6) is 0.432. The molecule has 1 aliphatic heterocycles. The molecule has 1 aliphatic rings. The van der Waals surface area contributed by atoms with Crippen LogP contribution >= 0.6 is 0 Å². The van der Waals surface area contributed by atoms with Gasteiger partial charge in [0.2, 0.25) is 5.88 Å². The van der Waals surface area contributed by atoms with Crippen LogP contribution in [0.3, 0.4) is 0 Å². The molecule has 1 atom stereocenters. The van der Waals surface area contributed by atoms with Crippen molar-refractivity contribution in [3.63, 3.8) is 0 Å². The fraction of sp³-hybridized carbons (Fsp3) is 0.143. The number of fused-ring (bicyclic) bond motifs is 1. The van der Waals surface area contributed by atoms with Crippen LogP contribution in [0.4, 0.5) is 5.69 Å². The second-order valence-electron chi connectivity index (χ2n) is 6.24. The lowest BCUT2D eigenvalue weighted by atomic mass is 10.0. The average Bonchev–Trinajstić information content (AvgIpc) is 2.73. The maximum Gasteiger partial charge on any atom is 0.218 e. The zero-order chi connectivity index (χ0) is 18.8. The summed E-state index contributed by atoms with van der Waals surface area (Å²) in [6.45, 7) is -0.132. The molecule has 3 N–H and O–H groups in total. The third-order valence-electron chi connectivity index (χ3n) is 4.54. The maximum atomic E-state index is 9.54. The number of nitrogens with two attached hydrogens (primary N) is 1. The van der Waals surface area contributed by atoms with Crippen LogP contribution in [0.15, 0.2) is 65.8 Å². The van der Waals surface area contributed by atoms with Gasteiger partial charge >= 0.3 is 0 Å². The summed E-state index contributed by atoms with van der Waals surface area (Å²) in [6.07, 6.45) is 3.28. The fourth-order valence-corrected chi connectivity index (χ4v) is 3.17. The predicted octanol–water partition coefficient (Wildman–Crippen LogP) is 1.37. The minimum absolute atomic E-state index is 0.132. The van der Waals surface area contributed by atoms with Crippen molar-refractivity contribution in [1.29, 1.82) is 0 Å². The Morgan fingerprint density at radius 3 is 2.67 bits per heavy atom. The van der Waals surface area contributed by atoms with Crippen molar-refractivity contribution in [2.24, 2.45) is 10.7 Å². The molecule has 4 rings (SSSR count). The van der Waals surface area contributed by atoms with Gasteiger partial charge in [0, 0.05) is 34.4 Å². The number of methoxy groups -OCH3 is 1. The van der Waals surface area contributed by atoms with E-state index in [0.29, 0.717) is 11.4 Å². The van der Waals surface area contributed by atoms with E-state index in [-0.39, 0.29) is 6.61 Å². The van der Waals surface area contributed by atoms with Gasteiger partial charge in [-0.1, -0.05) is 24.3 Å². The summed E-state index contributed by atoms with van der Waals surface area (Å²) in [5.41, 5.74) is 9.73. The number of pyridine rings is 1. The van der Waals surface area contributed by atoms with E-state index in [4.69, 9.17) is 10.5 Å². The number of ether oxygens (including phenoxy) is 1. The van der Waals surface area contributed by atoms with Gasteiger partial charge in [-0.05, 0) is 35.9 Å². The number of nitrogens with zero attached hydrogens (tertiary/aromatic N) is 3. The second-order valence-corrected chi connectivity index (χ2v) is 6.24. The number of benzene rings is 2. The summed E-state index contributed by atoms with van der Waals surface area (Å²) in [5, 5.41) is 11.4. The maximum absolute atomic E-state index is 9.54. The topological polar surface area (TPSA) is 84.0 Å². The molecule has 0 fully saturated rings. The Morgan fingerprint density at radius 1 is 1.11 bits per heavy atom. The van der Waals surface area contributed by atoms with Crippen LogP contribution in [0.2, 0.25) is 0 Å². The molecule has 27 heavy (non-hydrogen) atoms. The van der Waals surface area contributed by atoms with E-state index in [9.17, 15) is 5.11 Å². The molecule has 3 aromatic rings. The number of anilines is 1. The highest BCUT2D eigenvalue weighted by atomic mass is 16.5. The molecule has 136 valence electrons. The van der Waals surface area contributed by atoms with E-state index in [0.717, 1.165) is 27.4 Å². The molecule has 0 amide bonds. The van der Waals surface area contributed by atoms with E-state index >= 15 is 0 Å². The van der Waals surface area contributed by atoms with Crippen molar-refractivity contribution < 1.29 is 9.84 Å². The smallest absolute Gasteiger partial charge is 0.218 e. The largest absolute Gasteiger partial charge is 0.481 e. The monoisotopic (exact) mass is 360 g/mol. The number of hydrogen-bond acceptors (Lipinski definition) is 6.